The fraction of sp³-hybridized carbons (Fsp3) is 0.440. The molecule has 0 aliphatic carbocycles. The van der Waals surface area contributed by atoms with Gasteiger partial charge in [-0.1, -0.05) is 145 Å². The van der Waals surface area contributed by atoms with Crippen LogP contribution in [0.1, 0.15) is 154 Å². The molecule has 58 heavy (non-hydrogen) atoms. The van der Waals surface area contributed by atoms with Crippen LogP contribution >= 0.6 is 0 Å². The van der Waals surface area contributed by atoms with Crippen LogP contribution in [0.3, 0.4) is 0 Å². The van der Waals surface area contributed by atoms with Crippen molar-refractivity contribution in [2.24, 2.45) is 0 Å². The van der Waals surface area contributed by atoms with Crippen LogP contribution in [0.2, 0.25) is 0 Å². The fourth-order valence-electron chi connectivity index (χ4n) is 7.27. The second kappa shape index (κ2) is 17.7. The number of phenolic OH excluding ortho intramolecular Hbond substituents is 4. The molecule has 316 valence electrons. The normalized spacial score (nSPS) is 12.4. The summed E-state index contributed by atoms with van der Waals surface area (Å²) in [5.74, 6) is -0.994. The van der Waals surface area contributed by atoms with Gasteiger partial charge >= 0.3 is 11.9 Å². The van der Waals surface area contributed by atoms with E-state index in [2.05, 4.69) is 13.2 Å². The van der Waals surface area contributed by atoms with E-state index in [9.17, 15) is 40.2 Å². The summed E-state index contributed by atoms with van der Waals surface area (Å²) >= 11 is 0. The van der Waals surface area contributed by atoms with Crippen LogP contribution in [0.4, 0.5) is 0 Å². The lowest BCUT2D eigenvalue weighted by Crippen LogP contribution is -2.28. The first-order valence-electron chi connectivity index (χ1n) is 19.6. The smallest absolute Gasteiger partial charge is 0.304 e. The Hall–Kier alpha value is -5.24. The molecule has 0 spiro atoms. The van der Waals surface area contributed by atoms with Crippen LogP contribution in [0, 0.1) is 0 Å². The van der Waals surface area contributed by atoms with E-state index in [0.29, 0.717) is 0 Å². The molecule has 4 rings (SSSR count). The maximum Gasteiger partial charge on any atom is 0.304 e. The summed E-state index contributed by atoms with van der Waals surface area (Å²) in [7, 11) is 0. The Morgan fingerprint density at radius 1 is 0.397 bits per heavy atom. The van der Waals surface area contributed by atoms with E-state index in [0.717, 1.165) is 44.5 Å². The largest absolute Gasteiger partial charge is 0.508 e. The molecule has 0 unspecified atom stereocenters. The Morgan fingerprint density at radius 2 is 0.569 bits per heavy atom. The van der Waals surface area contributed by atoms with E-state index in [4.69, 9.17) is 0 Å². The first-order chi connectivity index (χ1) is 26.3. The maximum absolute atomic E-state index is 11.8. The van der Waals surface area contributed by atoms with E-state index >= 15 is 0 Å². The Morgan fingerprint density at radius 3 is 0.707 bits per heavy atom. The molecule has 0 fully saturated rings. The number of aliphatic carboxylic acids is 2. The minimum Gasteiger partial charge on any atom is -0.508 e. The highest BCUT2D eigenvalue weighted by molar-refractivity contribution is 5.72. The molecule has 4 aromatic rings. The molecule has 8 nitrogen and oxygen atoms in total. The molecular formula is C50H68O8. The molecule has 0 aromatic heterocycles. The number of rotatable bonds is 8. The van der Waals surface area contributed by atoms with Gasteiger partial charge in [0.25, 0.3) is 0 Å². The maximum atomic E-state index is 11.8. The van der Waals surface area contributed by atoms with Crippen LogP contribution in [0.15, 0.2) is 86.0 Å². The van der Waals surface area contributed by atoms with Gasteiger partial charge in [0.2, 0.25) is 0 Å². The predicted molar refractivity (Wildman–Crippen MR) is 236 cm³/mol. The zero-order chi connectivity index (χ0) is 45.0. The van der Waals surface area contributed by atoms with Crippen molar-refractivity contribution in [1.82, 2.24) is 0 Å². The van der Waals surface area contributed by atoms with Gasteiger partial charge in [-0.15, -0.1) is 13.2 Å². The van der Waals surface area contributed by atoms with Crippen LogP contribution in [0.25, 0.3) is 0 Å². The van der Waals surface area contributed by atoms with Crippen molar-refractivity contribution in [3.8, 4) is 23.0 Å². The Balaban J connectivity index is 0.000000384. The summed E-state index contributed by atoms with van der Waals surface area (Å²) in [6.07, 6.45) is -0.203. The monoisotopic (exact) mass is 796 g/mol. The highest BCUT2D eigenvalue weighted by Gasteiger charge is 2.36. The zero-order valence-corrected chi connectivity index (χ0v) is 37.3. The summed E-state index contributed by atoms with van der Waals surface area (Å²) in [5.41, 5.74) is 3.63. The molecule has 0 saturated carbocycles. The number of aromatic hydroxyl groups is 4. The Bertz CT molecular complexity index is 1800. The minimum atomic E-state index is -0.904. The van der Waals surface area contributed by atoms with Crippen LogP contribution < -0.4 is 0 Å². The SMILES string of the molecule is C=C.CC(C)(C)c1cc(C(C)(CC(=O)O)c2ccc(O)c(C(C)(C)C)c2)ccc1O.CC(C)(C)c1cc(C(C)(CC(=O)O)c2ccc(O)c(C(C)(C)C)c2)ccc1O. The van der Waals surface area contributed by atoms with Gasteiger partial charge in [0.1, 0.15) is 23.0 Å². The standard InChI is InChI=1S/2C24H32O4.C2H4/c2*1-22(2,3)17-12-15(8-10-19(17)25)24(7,14-21(27)28)16-9-11-20(26)18(13-16)23(4,5)6;1-2/h2*8-13,25-26H,14H2,1-7H3,(H,27,28);1-2H2. The summed E-state index contributed by atoms with van der Waals surface area (Å²) in [5, 5.41) is 60.6. The third-order valence-corrected chi connectivity index (χ3v) is 10.8. The van der Waals surface area contributed by atoms with Crippen LogP contribution in [-0.4, -0.2) is 42.6 Å². The van der Waals surface area contributed by atoms with Crippen molar-refractivity contribution < 1.29 is 40.2 Å². The van der Waals surface area contributed by atoms with E-state index in [1.54, 1.807) is 48.5 Å². The molecule has 0 radical (unpaired) electrons. The molecule has 0 bridgehead atoms. The number of hydrogen-bond donors (Lipinski definition) is 6. The average molecular weight is 797 g/mol. The van der Waals surface area contributed by atoms with Crippen molar-refractivity contribution in [3.05, 3.63) is 130 Å². The molecule has 8 heteroatoms. The second-order valence-electron chi connectivity index (χ2n) is 19.7. The Labute approximate surface area is 347 Å². The average Bonchev–Trinajstić information content (AvgIpc) is 3.07. The summed E-state index contributed by atoms with van der Waals surface area (Å²) in [6, 6.07) is 21.3. The lowest BCUT2D eigenvalue weighted by molar-refractivity contribution is -0.139. The Kier molecular flexibility index (Phi) is 14.9. The molecule has 0 amide bonds. The van der Waals surface area contributed by atoms with Crippen molar-refractivity contribution in [3.63, 3.8) is 0 Å². The highest BCUT2D eigenvalue weighted by atomic mass is 16.4. The molecule has 0 aliphatic heterocycles. The molecular weight excluding hydrogens is 729 g/mol. The second-order valence-corrected chi connectivity index (χ2v) is 19.7. The van der Waals surface area contributed by atoms with Gasteiger partial charge in [-0.2, -0.15) is 0 Å². The number of carbonyl (C=O) groups is 2. The molecule has 0 aliphatic rings. The number of carboxylic acids is 2. The number of benzene rings is 4. The van der Waals surface area contributed by atoms with E-state index < -0.39 is 22.8 Å². The van der Waals surface area contributed by atoms with Crippen molar-refractivity contribution in [2.45, 2.75) is 142 Å². The third kappa shape index (κ3) is 11.5. The predicted octanol–water partition coefficient (Wildman–Crippen LogP) is 11.7. The topological polar surface area (TPSA) is 156 Å². The van der Waals surface area contributed by atoms with Crippen LogP contribution in [0.5, 0.6) is 23.0 Å². The minimum absolute atomic E-state index is 0.101. The fourth-order valence-corrected chi connectivity index (χ4v) is 7.27. The molecule has 4 aromatic carbocycles. The van der Waals surface area contributed by atoms with E-state index in [-0.39, 0.29) is 57.5 Å². The lowest BCUT2D eigenvalue weighted by atomic mass is 9.70. The van der Waals surface area contributed by atoms with Gasteiger partial charge < -0.3 is 30.6 Å². The van der Waals surface area contributed by atoms with Gasteiger partial charge in [-0.3, -0.25) is 9.59 Å². The highest BCUT2D eigenvalue weighted by Crippen LogP contribution is 2.44. The van der Waals surface area contributed by atoms with Crippen molar-refractivity contribution >= 4 is 11.9 Å². The number of hydrogen-bond acceptors (Lipinski definition) is 6. The first-order valence-corrected chi connectivity index (χ1v) is 19.6. The van der Waals surface area contributed by atoms with Gasteiger partial charge in [-0.05, 0) is 90.4 Å². The van der Waals surface area contributed by atoms with Gasteiger partial charge in [0.05, 0.1) is 12.8 Å². The first kappa shape index (κ1) is 48.9. The van der Waals surface area contributed by atoms with Crippen molar-refractivity contribution in [2.75, 3.05) is 0 Å². The summed E-state index contributed by atoms with van der Waals surface area (Å²) in [4.78, 5) is 23.5. The van der Waals surface area contributed by atoms with Gasteiger partial charge in [-0.25, -0.2) is 0 Å². The summed E-state index contributed by atoms with van der Waals surface area (Å²) in [6.45, 7) is 34.0. The summed E-state index contributed by atoms with van der Waals surface area (Å²) < 4.78 is 0. The molecule has 0 saturated heterocycles. The van der Waals surface area contributed by atoms with Crippen molar-refractivity contribution in [1.29, 1.82) is 0 Å². The zero-order valence-electron chi connectivity index (χ0n) is 37.3. The molecule has 0 atom stereocenters. The lowest BCUT2D eigenvalue weighted by Gasteiger charge is -2.33. The molecule has 6 N–H and O–H groups in total. The van der Waals surface area contributed by atoms with E-state index in [1.807, 2.05) is 121 Å². The quantitative estimate of drug-likeness (QED) is 0.0963. The number of carboxylic acid groups (broad SMARTS) is 2. The van der Waals surface area contributed by atoms with Gasteiger partial charge in [0.15, 0.2) is 0 Å². The van der Waals surface area contributed by atoms with Crippen LogP contribution in [-0.2, 0) is 42.1 Å². The molecule has 0 heterocycles. The van der Waals surface area contributed by atoms with Gasteiger partial charge in [0, 0.05) is 10.8 Å². The number of phenols is 4. The third-order valence-electron chi connectivity index (χ3n) is 10.8. The van der Waals surface area contributed by atoms with E-state index in [1.165, 1.54) is 0 Å².